The standard InChI is InChI=1S/C8H5F2N4/c1-14-12-8(11-13-14)7-5(9)3-2-4-6(7)10/h2-4H,1H2/q-1. The molecule has 4 nitrogen and oxygen atoms in total. The van der Waals surface area contributed by atoms with Gasteiger partial charge in [-0.2, -0.15) is 5.10 Å². The maximum atomic E-state index is 13.2. The van der Waals surface area contributed by atoms with Crippen molar-refractivity contribution in [2.45, 2.75) is 0 Å². The molecule has 0 saturated carbocycles. The van der Waals surface area contributed by atoms with Crippen LogP contribution in [-0.2, 0) is 0 Å². The van der Waals surface area contributed by atoms with Gasteiger partial charge in [-0.15, -0.1) is 5.10 Å². The Hall–Kier alpha value is -1.98. The molecular weight excluding hydrogens is 190 g/mol. The van der Waals surface area contributed by atoms with E-state index >= 15 is 0 Å². The van der Waals surface area contributed by atoms with Crippen LogP contribution in [0.25, 0.3) is 11.4 Å². The Morgan fingerprint density at radius 3 is 2.36 bits per heavy atom. The largest absolute Gasteiger partial charge is 0.301 e. The Morgan fingerprint density at radius 2 is 1.86 bits per heavy atom. The first-order valence-corrected chi connectivity index (χ1v) is 3.74. The van der Waals surface area contributed by atoms with E-state index in [1.54, 1.807) is 0 Å². The molecule has 1 heterocycles. The number of aromatic nitrogens is 4. The monoisotopic (exact) mass is 195 g/mol. The smallest absolute Gasteiger partial charge is 0.207 e. The van der Waals surface area contributed by atoms with E-state index in [9.17, 15) is 8.78 Å². The minimum atomic E-state index is -0.724. The van der Waals surface area contributed by atoms with Crippen LogP contribution in [0.15, 0.2) is 18.2 Å². The quantitative estimate of drug-likeness (QED) is 0.643. The zero-order valence-corrected chi connectivity index (χ0v) is 6.98. The third-order valence-corrected chi connectivity index (χ3v) is 1.64. The van der Waals surface area contributed by atoms with Gasteiger partial charge in [0.25, 0.3) is 0 Å². The lowest BCUT2D eigenvalue weighted by Crippen LogP contribution is -1.93. The highest BCUT2D eigenvalue weighted by Gasteiger charge is 2.14. The van der Waals surface area contributed by atoms with Crippen LogP contribution in [0.2, 0.25) is 0 Å². The Balaban J connectivity index is 2.61. The molecule has 0 amide bonds. The molecule has 0 spiro atoms. The molecule has 0 atom stereocenters. The van der Waals surface area contributed by atoms with E-state index in [1.165, 1.54) is 6.07 Å². The number of nitrogens with zero attached hydrogens (tertiary/aromatic N) is 4. The SMILES string of the molecule is [CH2-]n1nnc(-c2c(F)cccc2F)n1. The summed E-state index contributed by atoms with van der Waals surface area (Å²) in [5.41, 5.74) is -0.289. The molecule has 0 N–H and O–H groups in total. The van der Waals surface area contributed by atoms with Crippen LogP contribution >= 0.6 is 0 Å². The normalized spacial score (nSPS) is 10.4. The molecule has 0 saturated heterocycles. The van der Waals surface area contributed by atoms with Gasteiger partial charge in [0.05, 0.1) is 5.56 Å². The number of rotatable bonds is 1. The van der Waals surface area contributed by atoms with Gasteiger partial charge in [-0.1, -0.05) is 11.3 Å². The van der Waals surface area contributed by atoms with Crippen molar-refractivity contribution in [3.05, 3.63) is 36.9 Å². The molecule has 0 aliphatic heterocycles. The summed E-state index contributed by atoms with van der Waals surface area (Å²) in [7, 11) is 3.31. The zero-order chi connectivity index (χ0) is 10.1. The topological polar surface area (TPSA) is 43.6 Å². The second-order valence-electron chi connectivity index (χ2n) is 2.58. The van der Waals surface area contributed by atoms with Crippen LogP contribution < -0.4 is 0 Å². The van der Waals surface area contributed by atoms with Crippen LogP contribution in [-0.4, -0.2) is 20.2 Å². The molecule has 2 rings (SSSR count). The van der Waals surface area contributed by atoms with Gasteiger partial charge in [0.2, 0.25) is 5.82 Å². The van der Waals surface area contributed by atoms with Crippen LogP contribution in [0.5, 0.6) is 0 Å². The second-order valence-corrected chi connectivity index (χ2v) is 2.58. The van der Waals surface area contributed by atoms with E-state index in [0.29, 0.717) is 0 Å². The van der Waals surface area contributed by atoms with Crippen molar-refractivity contribution >= 4 is 0 Å². The molecule has 1 aromatic carbocycles. The van der Waals surface area contributed by atoms with Gasteiger partial charge in [-0.3, -0.25) is 7.05 Å². The zero-order valence-electron chi connectivity index (χ0n) is 6.98. The average molecular weight is 195 g/mol. The summed E-state index contributed by atoms with van der Waals surface area (Å²) in [6.45, 7) is 0. The first kappa shape index (κ1) is 8.61. The molecule has 14 heavy (non-hydrogen) atoms. The summed E-state index contributed by atoms with van der Waals surface area (Å²) >= 11 is 0. The molecule has 0 aliphatic carbocycles. The van der Waals surface area contributed by atoms with Gasteiger partial charge in [0.1, 0.15) is 11.6 Å². The van der Waals surface area contributed by atoms with Gasteiger partial charge >= 0.3 is 0 Å². The van der Waals surface area contributed by atoms with Crippen molar-refractivity contribution in [1.29, 1.82) is 0 Å². The Morgan fingerprint density at radius 1 is 1.21 bits per heavy atom. The van der Waals surface area contributed by atoms with Crippen molar-refractivity contribution in [2.24, 2.45) is 0 Å². The maximum absolute atomic E-state index is 13.2. The third kappa shape index (κ3) is 1.30. The maximum Gasteiger partial charge on any atom is 0.207 e. The molecule has 0 unspecified atom stereocenters. The average Bonchev–Trinajstić information content (AvgIpc) is 2.51. The number of halogens is 2. The van der Waals surface area contributed by atoms with E-state index in [2.05, 4.69) is 22.5 Å². The summed E-state index contributed by atoms with van der Waals surface area (Å²) in [6, 6.07) is 3.52. The summed E-state index contributed by atoms with van der Waals surface area (Å²) < 4.78 is 26.3. The summed E-state index contributed by atoms with van der Waals surface area (Å²) in [5, 5.41) is 10.5. The molecule has 1 aromatic heterocycles. The highest BCUT2D eigenvalue weighted by molar-refractivity contribution is 5.55. The molecule has 2 aromatic rings. The number of hydrogen-bond donors (Lipinski definition) is 0. The summed E-state index contributed by atoms with van der Waals surface area (Å²) in [4.78, 5) is 0.890. The fourth-order valence-corrected chi connectivity index (χ4v) is 1.05. The number of tetrazole rings is 1. The molecule has 0 aliphatic rings. The highest BCUT2D eigenvalue weighted by Crippen LogP contribution is 2.21. The van der Waals surface area contributed by atoms with Crippen molar-refractivity contribution < 1.29 is 8.78 Å². The summed E-state index contributed by atoms with van der Waals surface area (Å²) in [5.74, 6) is -1.56. The number of hydrogen-bond acceptors (Lipinski definition) is 3. The van der Waals surface area contributed by atoms with Gasteiger partial charge < -0.3 is 4.80 Å². The minimum absolute atomic E-state index is 0.115. The van der Waals surface area contributed by atoms with E-state index in [4.69, 9.17) is 0 Å². The molecular formula is C8H5F2N4-. The highest BCUT2D eigenvalue weighted by atomic mass is 19.1. The number of benzene rings is 1. The Kier molecular flexibility index (Phi) is 1.88. The van der Waals surface area contributed by atoms with E-state index in [0.717, 1.165) is 16.9 Å². The van der Waals surface area contributed by atoms with Gasteiger partial charge in [-0.05, 0) is 12.1 Å². The molecule has 6 heteroatoms. The molecule has 72 valence electrons. The van der Waals surface area contributed by atoms with Crippen LogP contribution in [0.3, 0.4) is 0 Å². The molecule has 0 bridgehead atoms. The van der Waals surface area contributed by atoms with Gasteiger partial charge in [-0.25, -0.2) is 8.78 Å². The first-order chi connectivity index (χ1) is 6.68. The van der Waals surface area contributed by atoms with Crippen molar-refractivity contribution in [2.75, 3.05) is 0 Å². The molecule has 0 radical (unpaired) electrons. The fraction of sp³-hybridized carbons (Fsp3) is 0. The van der Waals surface area contributed by atoms with E-state index in [1.807, 2.05) is 0 Å². The lowest BCUT2D eigenvalue weighted by Gasteiger charge is -1.98. The summed E-state index contributed by atoms with van der Waals surface area (Å²) in [6.07, 6.45) is 0. The van der Waals surface area contributed by atoms with Crippen LogP contribution in [0, 0.1) is 18.7 Å². The Bertz CT molecular complexity index is 446. The van der Waals surface area contributed by atoms with Crippen molar-refractivity contribution in [3.63, 3.8) is 0 Å². The van der Waals surface area contributed by atoms with Crippen molar-refractivity contribution in [1.82, 2.24) is 20.2 Å². The second kappa shape index (κ2) is 3.06. The van der Waals surface area contributed by atoms with Crippen LogP contribution in [0.1, 0.15) is 0 Å². The van der Waals surface area contributed by atoms with Crippen LogP contribution in [0.4, 0.5) is 8.78 Å². The predicted molar refractivity (Wildman–Crippen MR) is 43.9 cm³/mol. The van der Waals surface area contributed by atoms with E-state index in [-0.39, 0.29) is 11.4 Å². The van der Waals surface area contributed by atoms with Gasteiger partial charge in [0, 0.05) is 0 Å². The van der Waals surface area contributed by atoms with E-state index < -0.39 is 11.6 Å². The lowest BCUT2D eigenvalue weighted by molar-refractivity contribution is 0.587. The van der Waals surface area contributed by atoms with Crippen molar-refractivity contribution in [3.8, 4) is 11.4 Å². The van der Waals surface area contributed by atoms with Gasteiger partial charge in [0.15, 0.2) is 0 Å². The Labute approximate surface area is 78.2 Å². The minimum Gasteiger partial charge on any atom is -0.301 e. The predicted octanol–water partition coefficient (Wildman–Crippen LogP) is 1.26. The third-order valence-electron chi connectivity index (χ3n) is 1.64. The molecule has 0 fully saturated rings. The fourth-order valence-electron chi connectivity index (χ4n) is 1.05. The first-order valence-electron chi connectivity index (χ1n) is 3.74. The lowest BCUT2D eigenvalue weighted by atomic mass is 10.2.